The third-order valence-corrected chi connectivity index (χ3v) is 7.08. The van der Waals surface area contributed by atoms with Crippen LogP contribution in [-0.4, -0.2) is 33.3 Å². The minimum Gasteiger partial charge on any atom is -0.341 e. The van der Waals surface area contributed by atoms with Gasteiger partial charge in [-0.25, -0.2) is 22.1 Å². The number of carbonyl (C=O) groups is 3. The highest BCUT2D eigenvalue weighted by Gasteiger charge is 2.39. The fourth-order valence-corrected chi connectivity index (χ4v) is 5.26. The molecular weight excluding hydrogens is 611 g/mol. The van der Waals surface area contributed by atoms with Gasteiger partial charge in [0.15, 0.2) is 0 Å². The SMILES string of the molecule is CC(=O)n1c(=N)n(CC(F)F)c2cc(NC(=O)c3cc(F)cc(C(F)(F)F)c3)c3c(c21)C(=O)NC3c1cc(F)ccc1Cl. The third-order valence-electron chi connectivity index (χ3n) is 6.73. The Kier molecular flexibility index (Phi) is 7.32. The number of benzene rings is 3. The van der Waals surface area contributed by atoms with E-state index in [4.69, 9.17) is 17.0 Å². The molecule has 1 aliphatic rings. The van der Waals surface area contributed by atoms with Gasteiger partial charge in [0, 0.05) is 34.3 Å². The Morgan fingerprint density at radius 2 is 1.79 bits per heavy atom. The average Bonchev–Trinajstić information content (AvgIpc) is 3.38. The number of rotatable bonds is 5. The molecule has 4 aromatic rings. The molecule has 0 saturated heterocycles. The molecule has 8 nitrogen and oxygen atoms in total. The molecular formula is C27H17ClF7N5O3. The van der Waals surface area contributed by atoms with Crippen LogP contribution in [0.15, 0.2) is 42.5 Å². The number of anilines is 1. The van der Waals surface area contributed by atoms with Gasteiger partial charge >= 0.3 is 6.18 Å². The topological polar surface area (TPSA) is 109 Å². The van der Waals surface area contributed by atoms with E-state index in [1.54, 1.807) is 0 Å². The van der Waals surface area contributed by atoms with Crippen molar-refractivity contribution in [2.75, 3.05) is 5.32 Å². The molecule has 0 radical (unpaired) electrons. The zero-order valence-corrected chi connectivity index (χ0v) is 22.3. The molecule has 16 heteroatoms. The van der Waals surface area contributed by atoms with Gasteiger partial charge in [-0.2, -0.15) is 13.2 Å². The second kappa shape index (κ2) is 10.6. The lowest BCUT2D eigenvalue weighted by Crippen LogP contribution is -2.29. The summed E-state index contributed by atoms with van der Waals surface area (Å²) in [6.45, 7) is -0.0936. The Balaban J connectivity index is 1.81. The second-order valence-electron chi connectivity index (χ2n) is 9.51. The summed E-state index contributed by atoms with van der Waals surface area (Å²) in [5.41, 5.74) is -4.46. The van der Waals surface area contributed by atoms with E-state index in [2.05, 4.69) is 10.6 Å². The first-order valence-corrected chi connectivity index (χ1v) is 12.6. The lowest BCUT2D eigenvalue weighted by Gasteiger charge is -2.19. The van der Waals surface area contributed by atoms with Crippen LogP contribution >= 0.6 is 11.6 Å². The Morgan fingerprint density at radius 1 is 1.09 bits per heavy atom. The Bertz CT molecular complexity index is 1920. The molecule has 43 heavy (non-hydrogen) atoms. The van der Waals surface area contributed by atoms with Gasteiger partial charge in [0.2, 0.25) is 11.5 Å². The van der Waals surface area contributed by atoms with E-state index >= 15 is 0 Å². The molecule has 1 aliphatic heterocycles. The van der Waals surface area contributed by atoms with Crippen LogP contribution in [0.2, 0.25) is 5.02 Å². The fourth-order valence-electron chi connectivity index (χ4n) is 5.03. The highest BCUT2D eigenvalue weighted by atomic mass is 35.5. The first-order chi connectivity index (χ1) is 20.1. The van der Waals surface area contributed by atoms with Gasteiger partial charge in [0.25, 0.3) is 18.2 Å². The van der Waals surface area contributed by atoms with E-state index in [0.29, 0.717) is 21.3 Å². The summed E-state index contributed by atoms with van der Waals surface area (Å²) in [4.78, 5) is 39.2. The molecule has 1 atom stereocenters. The number of hydrogen-bond acceptors (Lipinski definition) is 4. The Hall–Kier alpha value is -4.66. The fraction of sp³-hybridized carbons (Fsp3) is 0.185. The molecule has 0 fully saturated rings. The van der Waals surface area contributed by atoms with E-state index in [0.717, 1.165) is 25.1 Å². The van der Waals surface area contributed by atoms with E-state index in [-0.39, 0.29) is 44.5 Å². The molecule has 3 N–H and O–H groups in total. The average molecular weight is 628 g/mol. The lowest BCUT2D eigenvalue weighted by molar-refractivity contribution is -0.137. The predicted octanol–water partition coefficient (Wildman–Crippen LogP) is 5.88. The van der Waals surface area contributed by atoms with Crippen molar-refractivity contribution in [2.45, 2.75) is 32.1 Å². The monoisotopic (exact) mass is 627 g/mol. The van der Waals surface area contributed by atoms with Crippen molar-refractivity contribution >= 4 is 46.0 Å². The number of nitrogens with one attached hydrogen (secondary N) is 3. The second-order valence-corrected chi connectivity index (χ2v) is 9.92. The minimum absolute atomic E-state index is 0.0267. The molecule has 1 unspecified atom stereocenters. The summed E-state index contributed by atoms with van der Waals surface area (Å²) < 4.78 is 96.7. The summed E-state index contributed by atoms with van der Waals surface area (Å²) in [5.74, 6) is -5.19. The molecule has 1 aromatic heterocycles. The highest BCUT2D eigenvalue weighted by molar-refractivity contribution is 6.31. The van der Waals surface area contributed by atoms with Crippen LogP contribution in [0.3, 0.4) is 0 Å². The Labute approximate surface area is 241 Å². The molecule has 224 valence electrons. The first kappa shape index (κ1) is 29.8. The van der Waals surface area contributed by atoms with Crippen molar-refractivity contribution in [1.29, 1.82) is 5.41 Å². The largest absolute Gasteiger partial charge is 0.416 e. The van der Waals surface area contributed by atoms with Gasteiger partial charge in [-0.05, 0) is 42.5 Å². The molecule has 5 rings (SSSR count). The molecule has 0 bridgehead atoms. The summed E-state index contributed by atoms with van der Waals surface area (Å²) in [6.07, 6.45) is -8.04. The number of carbonyl (C=O) groups excluding carboxylic acids is 3. The highest BCUT2D eigenvalue weighted by Crippen LogP contribution is 2.43. The van der Waals surface area contributed by atoms with Crippen LogP contribution in [-0.2, 0) is 12.7 Å². The van der Waals surface area contributed by atoms with E-state index in [1.807, 2.05) is 0 Å². The van der Waals surface area contributed by atoms with Crippen LogP contribution in [0.25, 0.3) is 11.0 Å². The predicted molar refractivity (Wildman–Crippen MR) is 138 cm³/mol. The molecule has 3 aromatic carbocycles. The van der Waals surface area contributed by atoms with Gasteiger partial charge in [0.05, 0.1) is 34.7 Å². The normalized spacial score (nSPS) is 14.7. The van der Waals surface area contributed by atoms with Crippen molar-refractivity contribution in [3.05, 3.63) is 92.6 Å². The molecule has 2 heterocycles. The van der Waals surface area contributed by atoms with Gasteiger partial charge in [-0.1, -0.05) is 11.6 Å². The lowest BCUT2D eigenvalue weighted by atomic mass is 9.95. The van der Waals surface area contributed by atoms with Gasteiger partial charge < -0.3 is 15.2 Å². The summed E-state index contributed by atoms with van der Waals surface area (Å²) in [6, 6.07) is 3.97. The number of aromatic nitrogens is 2. The van der Waals surface area contributed by atoms with Crippen LogP contribution in [0.1, 0.15) is 55.2 Å². The van der Waals surface area contributed by atoms with Crippen molar-refractivity contribution in [1.82, 2.24) is 14.5 Å². The molecule has 0 saturated carbocycles. The van der Waals surface area contributed by atoms with Gasteiger partial charge in [-0.3, -0.25) is 19.8 Å². The standard InChI is InChI=1S/C27H17ClF7N5O3/c1-10(41)40-23-18(39(26(40)36)9-19(31)32)8-17(37-24(42)11-4-12(27(33,34)35)6-14(30)5-11)20-21(23)25(43)38-22(20)15-7-13(29)2-3-16(15)28/h2-8,19,22,36H,9H2,1H3,(H,37,42)(H,38,43). The van der Waals surface area contributed by atoms with Crippen LogP contribution in [0.4, 0.5) is 36.4 Å². The summed E-state index contributed by atoms with van der Waals surface area (Å²) in [5, 5.41) is 13.2. The number of hydrogen-bond donors (Lipinski definition) is 3. The smallest absolute Gasteiger partial charge is 0.341 e. The van der Waals surface area contributed by atoms with Crippen LogP contribution in [0, 0.1) is 17.0 Å². The number of nitrogens with zero attached hydrogens (tertiary/aromatic N) is 2. The van der Waals surface area contributed by atoms with Crippen molar-refractivity contribution in [3.63, 3.8) is 0 Å². The van der Waals surface area contributed by atoms with E-state index in [9.17, 15) is 45.1 Å². The Morgan fingerprint density at radius 3 is 2.42 bits per heavy atom. The molecule has 2 amide bonds. The zero-order chi connectivity index (χ0) is 31.5. The first-order valence-electron chi connectivity index (χ1n) is 12.2. The van der Waals surface area contributed by atoms with E-state index < -0.39 is 71.3 Å². The number of halogens is 8. The van der Waals surface area contributed by atoms with Gasteiger partial charge in [0.1, 0.15) is 11.6 Å². The van der Waals surface area contributed by atoms with Gasteiger partial charge in [-0.15, -0.1) is 0 Å². The number of amides is 2. The molecule has 0 aliphatic carbocycles. The summed E-state index contributed by atoms with van der Waals surface area (Å²) in [7, 11) is 0. The maximum absolute atomic E-state index is 14.3. The van der Waals surface area contributed by atoms with Crippen molar-refractivity contribution in [2.24, 2.45) is 0 Å². The van der Waals surface area contributed by atoms with Crippen LogP contribution in [0.5, 0.6) is 0 Å². The maximum Gasteiger partial charge on any atom is 0.416 e. The zero-order valence-electron chi connectivity index (χ0n) is 21.5. The number of imidazole rings is 1. The van der Waals surface area contributed by atoms with E-state index in [1.165, 1.54) is 6.07 Å². The number of fused-ring (bicyclic) bond motifs is 3. The van der Waals surface area contributed by atoms with Crippen molar-refractivity contribution in [3.8, 4) is 0 Å². The minimum atomic E-state index is -5.01. The maximum atomic E-state index is 14.3. The molecule has 0 spiro atoms. The van der Waals surface area contributed by atoms with Crippen LogP contribution < -0.4 is 16.3 Å². The third kappa shape index (κ3) is 5.24. The summed E-state index contributed by atoms with van der Waals surface area (Å²) >= 11 is 6.28. The number of alkyl halides is 5. The quantitative estimate of drug-likeness (QED) is 0.240. The van der Waals surface area contributed by atoms with Crippen molar-refractivity contribution < 1.29 is 45.1 Å².